The number of hydrogen-bond donors (Lipinski definition) is 0. The van der Waals surface area contributed by atoms with E-state index >= 15 is 0 Å². The summed E-state index contributed by atoms with van der Waals surface area (Å²) in [5.41, 5.74) is 4.23. The molecule has 0 saturated carbocycles. The summed E-state index contributed by atoms with van der Waals surface area (Å²) in [4.78, 5) is 13.5. The van der Waals surface area contributed by atoms with Crippen molar-refractivity contribution in [1.29, 1.82) is 0 Å². The number of benzene rings is 3. The second-order valence-electron chi connectivity index (χ2n) is 12.4. The van der Waals surface area contributed by atoms with E-state index in [2.05, 4.69) is 136 Å². The molecule has 5 heteroatoms. The Kier molecular flexibility index (Phi) is 14.7. The molecule has 1 fully saturated rings. The first-order valence-electron chi connectivity index (χ1n) is 16.9. The molecular formula is C38H57N5. The van der Waals surface area contributed by atoms with Gasteiger partial charge in [-0.05, 0) is 56.1 Å². The highest BCUT2D eigenvalue weighted by atomic mass is 15.3. The summed E-state index contributed by atoms with van der Waals surface area (Å²) < 4.78 is 0. The lowest BCUT2D eigenvalue weighted by molar-refractivity contribution is 0.120. The molecule has 1 atom stereocenters. The van der Waals surface area contributed by atoms with Crippen LogP contribution >= 0.6 is 0 Å². The molecule has 5 nitrogen and oxygen atoms in total. The fourth-order valence-corrected chi connectivity index (χ4v) is 6.25. The molecule has 234 valence electrons. The van der Waals surface area contributed by atoms with Crippen LogP contribution in [0.15, 0.2) is 91.0 Å². The van der Waals surface area contributed by atoms with Crippen LogP contribution < -0.4 is 0 Å². The van der Waals surface area contributed by atoms with E-state index in [4.69, 9.17) is 0 Å². The Balaban J connectivity index is 1.48. The zero-order chi connectivity index (χ0) is 30.1. The molecule has 1 heterocycles. The third-order valence-electron chi connectivity index (χ3n) is 9.22. The van der Waals surface area contributed by atoms with Crippen molar-refractivity contribution in [3.8, 4) is 0 Å². The van der Waals surface area contributed by atoms with Crippen LogP contribution in [0.4, 0.5) is 0 Å². The number of hydrogen-bond acceptors (Lipinski definition) is 5. The van der Waals surface area contributed by atoms with E-state index in [0.717, 1.165) is 78.5 Å². The third-order valence-corrected chi connectivity index (χ3v) is 9.22. The third kappa shape index (κ3) is 12.2. The van der Waals surface area contributed by atoms with Crippen LogP contribution in [-0.2, 0) is 19.6 Å². The molecule has 0 amide bonds. The van der Waals surface area contributed by atoms with E-state index in [9.17, 15) is 0 Å². The topological polar surface area (TPSA) is 16.2 Å². The standard InChI is InChI=1S/C38H57N5/c1-4-35(3)43(5-2)23-15-22-39-24-26-40(32-36-16-9-6-10-17-36)28-30-42(34-38-20-13-8-14-21-38)31-29-41(27-25-39)33-37-18-11-7-12-19-37/h6-14,16-21,35H,4-5,15,22-34H2,1-3H3. The highest BCUT2D eigenvalue weighted by Gasteiger charge is 2.18. The van der Waals surface area contributed by atoms with Gasteiger partial charge in [0.2, 0.25) is 0 Å². The van der Waals surface area contributed by atoms with Gasteiger partial charge >= 0.3 is 0 Å². The summed E-state index contributed by atoms with van der Waals surface area (Å²) in [6.07, 6.45) is 2.46. The maximum Gasteiger partial charge on any atom is 0.0234 e. The summed E-state index contributed by atoms with van der Waals surface area (Å²) in [5, 5.41) is 0. The summed E-state index contributed by atoms with van der Waals surface area (Å²) in [6, 6.07) is 33.8. The summed E-state index contributed by atoms with van der Waals surface area (Å²) in [7, 11) is 0. The molecule has 1 aliphatic rings. The van der Waals surface area contributed by atoms with Crippen LogP contribution in [0.1, 0.15) is 50.3 Å². The van der Waals surface area contributed by atoms with E-state index in [0.29, 0.717) is 6.04 Å². The van der Waals surface area contributed by atoms with Gasteiger partial charge in [-0.3, -0.25) is 14.7 Å². The van der Waals surface area contributed by atoms with Crippen molar-refractivity contribution in [3.05, 3.63) is 108 Å². The quantitative estimate of drug-likeness (QED) is 0.233. The monoisotopic (exact) mass is 583 g/mol. The molecule has 43 heavy (non-hydrogen) atoms. The molecule has 1 aliphatic heterocycles. The molecule has 1 saturated heterocycles. The molecule has 3 aromatic carbocycles. The Morgan fingerprint density at radius 3 is 1.21 bits per heavy atom. The molecule has 1 unspecified atom stereocenters. The first-order chi connectivity index (χ1) is 21.1. The SMILES string of the molecule is CCC(C)N(CC)CCCN1CCN(Cc2ccccc2)CCN(Cc2ccccc2)CCN(Cc2ccccc2)CC1. The minimum atomic E-state index is 0.665. The van der Waals surface area contributed by atoms with Crippen molar-refractivity contribution < 1.29 is 0 Å². The molecule has 0 bridgehead atoms. The first kappa shape index (κ1) is 33.4. The van der Waals surface area contributed by atoms with Gasteiger partial charge in [0.05, 0.1) is 0 Å². The molecule has 0 N–H and O–H groups in total. The lowest BCUT2D eigenvalue weighted by Crippen LogP contribution is -2.46. The molecule has 4 rings (SSSR count). The maximum atomic E-state index is 2.75. The molecule has 0 spiro atoms. The Morgan fingerprint density at radius 1 is 0.535 bits per heavy atom. The van der Waals surface area contributed by atoms with Crippen molar-refractivity contribution in [2.24, 2.45) is 0 Å². The van der Waals surface area contributed by atoms with Crippen LogP contribution in [0, 0.1) is 0 Å². The average molecular weight is 584 g/mol. The van der Waals surface area contributed by atoms with Crippen molar-refractivity contribution in [3.63, 3.8) is 0 Å². The normalized spacial score (nSPS) is 17.9. The molecule has 0 aromatic heterocycles. The van der Waals surface area contributed by atoms with Gasteiger partial charge in [-0.25, -0.2) is 0 Å². The second kappa shape index (κ2) is 19.0. The van der Waals surface area contributed by atoms with Gasteiger partial charge < -0.3 is 9.80 Å². The van der Waals surface area contributed by atoms with Crippen LogP contribution in [0.5, 0.6) is 0 Å². The van der Waals surface area contributed by atoms with E-state index < -0.39 is 0 Å². The van der Waals surface area contributed by atoms with Gasteiger partial charge in [0.1, 0.15) is 0 Å². The first-order valence-corrected chi connectivity index (χ1v) is 16.9. The second-order valence-corrected chi connectivity index (χ2v) is 12.4. The molecule has 0 radical (unpaired) electrons. The van der Waals surface area contributed by atoms with Crippen LogP contribution in [0.25, 0.3) is 0 Å². The molecule has 3 aromatic rings. The summed E-state index contributed by atoms with van der Waals surface area (Å²) in [5.74, 6) is 0. The number of rotatable bonds is 13. The summed E-state index contributed by atoms with van der Waals surface area (Å²) >= 11 is 0. The minimum absolute atomic E-state index is 0.665. The highest BCUT2D eigenvalue weighted by molar-refractivity contribution is 5.16. The maximum absolute atomic E-state index is 2.75. The van der Waals surface area contributed by atoms with Crippen molar-refractivity contribution in [1.82, 2.24) is 24.5 Å². The van der Waals surface area contributed by atoms with Gasteiger partial charge in [0, 0.05) is 78.0 Å². The van der Waals surface area contributed by atoms with E-state index in [1.165, 1.54) is 42.6 Å². The zero-order valence-corrected chi connectivity index (χ0v) is 27.3. The fourth-order valence-electron chi connectivity index (χ4n) is 6.25. The predicted octanol–water partition coefficient (Wildman–Crippen LogP) is 6.32. The zero-order valence-electron chi connectivity index (χ0n) is 27.3. The predicted molar refractivity (Wildman–Crippen MR) is 183 cm³/mol. The van der Waals surface area contributed by atoms with Crippen LogP contribution in [0.2, 0.25) is 0 Å². The fraction of sp³-hybridized carbons (Fsp3) is 0.526. The molecule has 0 aliphatic carbocycles. The van der Waals surface area contributed by atoms with Gasteiger partial charge in [-0.2, -0.15) is 0 Å². The Labute approximate surface area is 263 Å². The Morgan fingerprint density at radius 2 is 0.884 bits per heavy atom. The largest absolute Gasteiger partial charge is 0.301 e. The van der Waals surface area contributed by atoms with Crippen molar-refractivity contribution in [2.45, 2.75) is 59.3 Å². The van der Waals surface area contributed by atoms with E-state index in [1.807, 2.05) is 0 Å². The van der Waals surface area contributed by atoms with Gasteiger partial charge in [0.15, 0.2) is 0 Å². The van der Waals surface area contributed by atoms with E-state index in [1.54, 1.807) is 0 Å². The van der Waals surface area contributed by atoms with Gasteiger partial charge in [0.25, 0.3) is 0 Å². The van der Waals surface area contributed by atoms with Crippen LogP contribution in [-0.4, -0.2) is 103 Å². The van der Waals surface area contributed by atoms with E-state index in [-0.39, 0.29) is 0 Å². The van der Waals surface area contributed by atoms with Gasteiger partial charge in [-0.1, -0.05) is 105 Å². The van der Waals surface area contributed by atoms with Crippen molar-refractivity contribution >= 4 is 0 Å². The Bertz CT molecular complexity index is 1050. The average Bonchev–Trinajstić information content (AvgIpc) is 3.05. The smallest absolute Gasteiger partial charge is 0.0234 e. The summed E-state index contributed by atoms with van der Waals surface area (Å²) in [6.45, 7) is 22.4. The van der Waals surface area contributed by atoms with Crippen molar-refractivity contribution in [2.75, 3.05) is 72.0 Å². The lowest BCUT2D eigenvalue weighted by Gasteiger charge is -2.35. The van der Waals surface area contributed by atoms with Crippen LogP contribution in [0.3, 0.4) is 0 Å². The lowest BCUT2D eigenvalue weighted by atomic mass is 10.2. The Hall–Kier alpha value is -2.54. The molecular weight excluding hydrogens is 526 g/mol. The highest BCUT2D eigenvalue weighted by Crippen LogP contribution is 2.12. The number of nitrogens with zero attached hydrogens (tertiary/aromatic N) is 5. The van der Waals surface area contributed by atoms with Gasteiger partial charge in [-0.15, -0.1) is 0 Å². The minimum Gasteiger partial charge on any atom is -0.301 e.